The standard InChI is InChI=1S/C16H22ClN3O/c1-12(2)16(20-5-7-21-8-6-20)11-19-14-4-3-13(10-18)15(17)9-14/h3-4,9,12,16,19H,5-8,11H2,1-2H3. The topological polar surface area (TPSA) is 48.3 Å². The zero-order valence-corrected chi connectivity index (χ0v) is 13.4. The second-order valence-corrected chi connectivity index (χ2v) is 6.05. The van der Waals surface area contributed by atoms with Crippen molar-refractivity contribution in [2.75, 3.05) is 38.2 Å². The number of morpholine rings is 1. The van der Waals surface area contributed by atoms with Gasteiger partial charge in [-0.1, -0.05) is 25.4 Å². The van der Waals surface area contributed by atoms with E-state index >= 15 is 0 Å². The van der Waals surface area contributed by atoms with Gasteiger partial charge in [0.15, 0.2) is 0 Å². The third-order valence-corrected chi connectivity index (χ3v) is 4.20. The van der Waals surface area contributed by atoms with E-state index in [2.05, 4.69) is 30.1 Å². The number of anilines is 1. The third kappa shape index (κ3) is 4.34. The SMILES string of the molecule is CC(C)C(CNc1ccc(C#N)c(Cl)c1)N1CCOCC1. The number of rotatable bonds is 5. The summed E-state index contributed by atoms with van der Waals surface area (Å²) in [4.78, 5) is 2.48. The lowest BCUT2D eigenvalue weighted by molar-refractivity contribution is 0.00955. The summed E-state index contributed by atoms with van der Waals surface area (Å²) >= 11 is 6.07. The summed E-state index contributed by atoms with van der Waals surface area (Å²) in [6, 6.07) is 8.01. The van der Waals surface area contributed by atoms with Crippen molar-refractivity contribution < 1.29 is 4.74 Å². The fraction of sp³-hybridized carbons (Fsp3) is 0.562. The van der Waals surface area contributed by atoms with Crippen molar-refractivity contribution >= 4 is 17.3 Å². The summed E-state index contributed by atoms with van der Waals surface area (Å²) in [5, 5.41) is 12.8. The van der Waals surface area contributed by atoms with Crippen molar-refractivity contribution in [3.8, 4) is 6.07 Å². The highest BCUT2D eigenvalue weighted by atomic mass is 35.5. The molecule has 0 radical (unpaired) electrons. The minimum atomic E-state index is 0.461. The van der Waals surface area contributed by atoms with Crippen molar-refractivity contribution in [2.24, 2.45) is 5.92 Å². The molecule has 5 heteroatoms. The minimum absolute atomic E-state index is 0.461. The first-order valence-electron chi connectivity index (χ1n) is 7.37. The number of hydrogen-bond acceptors (Lipinski definition) is 4. The summed E-state index contributed by atoms with van der Waals surface area (Å²) in [5.41, 5.74) is 1.47. The fourth-order valence-corrected chi connectivity index (χ4v) is 2.86. The van der Waals surface area contributed by atoms with Crippen LogP contribution in [0.3, 0.4) is 0 Å². The van der Waals surface area contributed by atoms with E-state index < -0.39 is 0 Å². The number of nitriles is 1. The van der Waals surface area contributed by atoms with E-state index in [-0.39, 0.29) is 0 Å². The molecule has 0 spiro atoms. The molecule has 0 aliphatic carbocycles. The number of halogens is 1. The summed E-state index contributed by atoms with van der Waals surface area (Å²) in [5.74, 6) is 0.560. The Labute approximate surface area is 131 Å². The molecule has 21 heavy (non-hydrogen) atoms. The summed E-state index contributed by atoms with van der Waals surface area (Å²) in [7, 11) is 0. The Morgan fingerprint density at radius 2 is 2.10 bits per heavy atom. The molecule has 1 aliphatic rings. The molecule has 1 fully saturated rings. The van der Waals surface area contributed by atoms with Crippen molar-refractivity contribution in [1.29, 1.82) is 5.26 Å². The Kier molecular flexibility index (Phi) is 5.86. The Bertz CT molecular complexity index is 507. The number of nitrogens with zero attached hydrogens (tertiary/aromatic N) is 2. The first kappa shape index (κ1) is 16.1. The van der Waals surface area contributed by atoms with E-state index in [1.807, 2.05) is 12.1 Å². The predicted molar refractivity (Wildman–Crippen MR) is 85.7 cm³/mol. The highest BCUT2D eigenvalue weighted by Gasteiger charge is 2.23. The monoisotopic (exact) mass is 307 g/mol. The van der Waals surface area contributed by atoms with Gasteiger partial charge >= 0.3 is 0 Å². The van der Waals surface area contributed by atoms with Gasteiger partial charge in [-0.25, -0.2) is 0 Å². The van der Waals surface area contributed by atoms with E-state index in [0.29, 0.717) is 22.5 Å². The molecule has 0 saturated carbocycles. The van der Waals surface area contributed by atoms with Crippen LogP contribution in [0.4, 0.5) is 5.69 Å². The van der Waals surface area contributed by atoms with E-state index in [4.69, 9.17) is 21.6 Å². The van der Waals surface area contributed by atoms with Crippen LogP contribution in [0, 0.1) is 17.2 Å². The molecule has 1 atom stereocenters. The lowest BCUT2D eigenvalue weighted by Gasteiger charge is -2.37. The number of benzene rings is 1. The van der Waals surface area contributed by atoms with Crippen molar-refractivity contribution in [3.05, 3.63) is 28.8 Å². The minimum Gasteiger partial charge on any atom is -0.383 e. The molecule has 1 aliphatic heterocycles. The van der Waals surface area contributed by atoms with E-state index in [1.54, 1.807) is 6.07 Å². The molecule has 1 saturated heterocycles. The summed E-state index contributed by atoms with van der Waals surface area (Å²) < 4.78 is 5.42. The Morgan fingerprint density at radius 3 is 2.67 bits per heavy atom. The van der Waals surface area contributed by atoms with Crippen LogP contribution < -0.4 is 5.32 Å². The molecule has 2 rings (SSSR count). The fourth-order valence-electron chi connectivity index (χ4n) is 2.63. The van der Waals surface area contributed by atoms with Crippen LogP contribution in [0.5, 0.6) is 0 Å². The quantitative estimate of drug-likeness (QED) is 0.908. The largest absolute Gasteiger partial charge is 0.383 e. The molecule has 1 aromatic carbocycles. The first-order chi connectivity index (χ1) is 10.1. The molecule has 0 bridgehead atoms. The van der Waals surface area contributed by atoms with Gasteiger partial charge in [0.1, 0.15) is 6.07 Å². The molecular formula is C16H22ClN3O. The molecule has 1 N–H and O–H groups in total. The van der Waals surface area contributed by atoms with E-state index in [9.17, 15) is 0 Å². The van der Waals surface area contributed by atoms with Crippen LogP contribution in [0.2, 0.25) is 5.02 Å². The Hall–Kier alpha value is -1.28. The van der Waals surface area contributed by atoms with Gasteiger partial charge in [0.2, 0.25) is 0 Å². The van der Waals surface area contributed by atoms with Gasteiger partial charge in [-0.3, -0.25) is 4.90 Å². The van der Waals surface area contributed by atoms with Gasteiger partial charge < -0.3 is 10.1 Å². The molecule has 1 heterocycles. The highest BCUT2D eigenvalue weighted by Crippen LogP contribution is 2.21. The maximum atomic E-state index is 8.90. The third-order valence-electron chi connectivity index (χ3n) is 3.89. The molecule has 0 amide bonds. The highest BCUT2D eigenvalue weighted by molar-refractivity contribution is 6.32. The predicted octanol–water partition coefficient (Wildman–Crippen LogP) is 2.98. The van der Waals surface area contributed by atoms with E-state index in [1.165, 1.54) is 0 Å². The summed E-state index contributed by atoms with van der Waals surface area (Å²) in [6.45, 7) is 8.94. The zero-order chi connectivity index (χ0) is 15.2. The zero-order valence-electron chi connectivity index (χ0n) is 12.6. The molecule has 1 unspecified atom stereocenters. The average molecular weight is 308 g/mol. The van der Waals surface area contributed by atoms with Crippen LogP contribution in [0.15, 0.2) is 18.2 Å². The lowest BCUT2D eigenvalue weighted by Crippen LogP contribution is -2.49. The normalized spacial score (nSPS) is 17.5. The smallest absolute Gasteiger partial charge is 0.101 e. The van der Waals surface area contributed by atoms with Gasteiger partial charge in [0.25, 0.3) is 0 Å². The maximum Gasteiger partial charge on any atom is 0.101 e. The van der Waals surface area contributed by atoms with Crippen molar-refractivity contribution in [3.63, 3.8) is 0 Å². The van der Waals surface area contributed by atoms with Crippen molar-refractivity contribution in [2.45, 2.75) is 19.9 Å². The molecule has 0 aromatic heterocycles. The van der Waals surface area contributed by atoms with Gasteiger partial charge in [0, 0.05) is 31.4 Å². The molecule has 114 valence electrons. The number of hydrogen-bond donors (Lipinski definition) is 1. The Morgan fingerprint density at radius 1 is 1.38 bits per heavy atom. The maximum absolute atomic E-state index is 8.90. The lowest BCUT2D eigenvalue weighted by atomic mass is 10.0. The van der Waals surface area contributed by atoms with E-state index in [0.717, 1.165) is 38.5 Å². The van der Waals surface area contributed by atoms with Gasteiger partial charge in [-0.05, 0) is 24.1 Å². The van der Waals surface area contributed by atoms with Crippen LogP contribution in [0.25, 0.3) is 0 Å². The average Bonchev–Trinajstić information content (AvgIpc) is 2.48. The van der Waals surface area contributed by atoms with Crippen molar-refractivity contribution in [1.82, 2.24) is 4.90 Å². The van der Waals surface area contributed by atoms with Crippen LogP contribution in [-0.4, -0.2) is 43.8 Å². The van der Waals surface area contributed by atoms with Crippen LogP contribution in [-0.2, 0) is 4.74 Å². The molecule has 1 aromatic rings. The van der Waals surface area contributed by atoms with Gasteiger partial charge in [-0.2, -0.15) is 5.26 Å². The van der Waals surface area contributed by atoms with Gasteiger partial charge in [-0.15, -0.1) is 0 Å². The molecular weight excluding hydrogens is 286 g/mol. The second kappa shape index (κ2) is 7.65. The van der Waals surface area contributed by atoms with Crippen LogP contribution in [0.1, 0.15) is 19.4 Å². The first-order valence-corrected chi connectivity index (χ1v) is 7.75. The van der Waals surface area contributed by atoms with Crippen LogP contribution >= 0.6 is 11.6 Å². The Balaban J connectivity index is 1.98. The van der Waals surface area contributed by atoms with Gasteiger partial charge in [0.05, 0.1) is 23.8 Å². The summed E-state index contributed by atoms with van der Waals surface area (Å²) in [6.07, 6.45) is 0. The number of nitrogens with one attached hydrogen (secondary N) is 1. The second-order valence-electron chi connectivity index (χ2n) is 5.65. The number of ether oxygens (including phenoxy) is 1. The molecule has 4 nitrogen and oxygen atoms in total.